The highest BCUT2D eigenvalue weighted by Gasteiger charge is 2.40. The fraction of sp³-hybridized carbons (Fsp3) is 0.538. The van der Waals surface area contributed by atoms with Crippen molar-refractivity contribution in [3.05, 3.63) is 28.8 Å². The maximum Gasteiger partial charge on any atom is 0.417 e. The van der Waals surface area contributed by atoms with Crippen molar-refractivity contribution >= 4 is 31.6 Å². The van der Waals surface area contributed by atoms with Crippen LogP contribution in [0, 0.1) is 0 Å². The first-order valence-electron chi connectivity index (χ1n) is 7.15. The van der Waals surface area contributed by atoms with Gasteiger partial charge in [-0.3, -0.25) is 0 Å². The number of halogens is 4. The van der Waals surface area contributed by atoms with Gasteiger partial charge in [-0.25, -0.2) is 21.6 Å². The summed E-state index contributed by atoms with van der Waals surface area (Å²) in [6.07, 6.45) is -3.55. The minimum Gasteiger partial charge on any atom is -0.213 e. The standard InChI is InChI=1S/C13H16ClF3N2O4S2/c1-24(20,21)18-10-4-6-19(7-5-10)25(22,23)12-3-2-9(14)8-11(12)13(15,16)17/h2-3,8,10,18H,4-7H2,1H3. The van der Waals surface area contributed by atoms with Gasteiger partial charge in [-0.2, -0.15) is 17.5 Å². The molecule has 25 heavy (non-hydrogen) atoms. The van der Waals surface area contributed by atoms with E-state index in [-0.39, 0.29) is 31.0 Å². The third-order valence-corrected chi connectivity index (χ3v) is 6.65. The van der Waals surface area contributed by atoms with E-state index in [0.29, 0.717) is 6.07 Å². The van der Waals surface area contributed by atoms with E-state index in [1.54, 1.807) is 0 Å². The van der Waals surface area contributed by atoms with Crippen LogP contribution in [-0.2, 0) is 26.2 Å². The molecule has 0 spiro atoms. The maximum atomic E-state index is 13.2. The molecule has 0 amide bonds. The maximum absolute atomic E-state index is 13.2. The summed E-state index contributed by atoms with van der Waals surface area (Å²) >= 11 is 5.57. The molecule has 1 fully saturated rings. The second-order valence-corrected chi connectivity index (χ2v) is 9.83. The van der Waals surface area contributed by atoms with E-state index in [0.717, 1.165) is 22.7 Å². The van der Waals surface area contributed by atoms with Crippen LogP contribution in [0.15, 0.2) is 23.1 Å². The van der Waals surface area contributed by atoms with Crippen LogP contribution in [-0.4, -0.2) is 46.5 Å². The minimum absolute atomic E-state index is 0.0879. The minimum atomic E-state index is -4.87. The topological polar surface area (TPSA) is 83.6 Å². The molecular weight excluding hydrogens is 405 g/mol. The molecule has 1 heterocycles. The van der Waals surface area contributed by atoms with Gasteiger partial charge in [-0.15, -0.1) is 0 Å². The number of alkyl halides is 3. The third-order valence-electron chi connectivity index (χ3n) is 3.70. The molecule has 1 aliphatic heterocycles. The Balaban J connectivity index is 2.27. The van der Waals surface area contributed by atoms with Gasteiger partial charge in [0.15, 0.2) is 0 Å². The van der Waals surface area contributed by atoms with Crippen molar-refractivity contribution in [3.63, 3.8) is 0 Å². The molecule has 1 N–H and O–H groups in total. The number of nitrogens with zero attached hydrogens (tertiary/aromatic N) is 1. The van der Waals surface area contributed by atoms with Gasteiger partial charge >= 0.3 is 6.18 Å². The van der Waals surface area contributed by atoms with Crippen molar-refractivity contribution in [2.75, 3.05) is 19.3 Å². The number of sulfonamides is 2. The number of hydrogen-bond acceptors (Lipinski definition) is 4. The summed E-state index contributed by atoms with van der Waals surface area (Å²) in [6.45, 7) is -0.176. The van der Waals surface area contributed by atoms with Gasteiger partial charge in [0.25, 0.3) is 0 Å². The van der Waals surface area contributed by atoms with E-state index in [9.17, 15) is 30.0 Å². The molecule has 2 rings (SSSR count). The van der Waals surface area contributed by atoms with Crippen LogP contribution in [0.4, 0.5) is 13.2 Å². The molecule has 142 valence electrons. The van der Waals surface area contributed by atoms with Crippen molar-refractivity contribution in [1.29, 1.82) is 0 Å². The Kier molecular flexibility index (Phi) is 5.74. The first kappa shape index (κ1) is 20.4. The summed E-state index contributed by atoms with van der Waals surface area (Å²) < 4.78 is 90.4. The van der Waals surface area contributed by atoms with Crippen LogP contribution in [0.1, 0.15) is 18.4 Å². The predicted molar refractivity (Wildman–Crippen MR) is 86.2 cm³/mol. The number of hydrogen-bond donors (Lipinski definition) is 1. The molecule has 0 aromatic heterocycles. The number of benzene rings is 1. The molecule has 0 aliphatic carbocycles. The molecule has 0 bridgehead atoms. The van der Waals surface area contributed by atoms with Crippen LogP contribution < -0.4 is 4.72 Å². The lowest BCUT2D eigenvalue weighted by molar-refractivity contribution is -0.139. The van der Waals surface area contributed by atoms with Crippen LogP contribution >= 0.6 is 11.6 Å². The molecule has 6 nitrogen and oxygen atoms in total. The lowest BCUT2D eigenvalue weighted by atomic mass is 10.1. The second kappa shape index (κ2) is 7.03. The number of nitrogens with one attached hydrogen (secondary N) is 1. The van der Waals surface area contributed by atoms with E-state index in [4.69, 9.17) is 11.6 Å². The molecule has 12 heteroatoms. The smallest absolute Gasteiger partial charge is 0.213 e. The normalized spacial score (nSPS) is 18.4. The average Bonchev–Trinajstić information content (AvgIpc) is 2.45. The van der Waals surface area contributed by atoms with Gasteiger partial charge in [-0.1, -0.05) is 11.6 Å². The lowest BCUT2D eigenvalue weighted by Crippen LogP contribution is -2.46. The van der Waals surface area contributed by atoms with Crippen molar-refractivity contribution in [2.45, 2.75) is 30.0 Å². The molecule has 1 saturated heterocycles. The van der Waals surface area contributed by atoms with Crippen LogP contribution in [0.3, 0.4) is 0 Å². The molecule has 0 saturated carbocycles. The molecule has 1 aliphatic rings. The fourth-order valence-electron chi connectivity index (χ4n) is 2.60. The first-order valence-corrected chi connectivity index (χ1v) is 10.9. The highest BCUT2D eigenvalue weighted by atomic mass is 35.5. The molecule has 1 aromatic rings. The van der Waals surface area contributed by atoms with Crippen LogP contribution in [0.5, 0.6) is 0 Å². The SMILES string of the molecule is CS(=O)(=O)NC1CCN(S(=O)(=O)c2ccc(Cl)cc2C(F)(F)F)CC1. The quantitative estimate of drug-likeness (QED) is 0.808. The second-order valence-electron chi connectivity index (χ2n) is 5.71. The lowest BCUT2D eigenvalue weighted by Gasteiger charge is -2.31. The van der Waals surface area contributed by atoms with E-state index in [1.807, 2.05) is 0 Å². The monoisotopic (exact) mass is 420 g/mol. The largest absolute Gasteiger partial charge is 0.417 e. The van der Waals surface area contributed by atoms with E-state index in [2.05, 4.69) is 4.72 Å². The van der Waals surface area contributed by atoms with Crippen molar-refractivity contribution in [2.24, 2.45) is 0 Å². The van der Waals surface area contributed by atoms with E-state index < -0.39 is 42.7 Å². The van der Waals surface area contributed by atoms with E-state index in [1.165, 1.54) is 0 Å². The molecule has 0 radical (unpaired) electrons. The summed E-state index contributed by atoms with van der Waals surface area (Å²) in [5.41, 5.74) is -1.32. The summed E-state index contributed by atoms with van der Waals surface area (Å²) in [4.78, 5) is -0.862. The van der Waals surface area contributed by atoms with Gasteiger partial charge in [0.1, 0.15) is 0 Å². The Morgan fingerprint density at radius 2 is 1.72 bits per heavy atom. The van der Waals surface area contributed by atoms with Crippen LogP contribution in [0.25, 0.3) is 0 Å². The zero-order valence-corrected chi connectivity index (χ0v) is 15.4. The van der Waals surface area contributed by atoms with Gasteiger partial charge in [-0.05, 0) is 31.0 Å². The Labute approximate surface area is 149 Å². The molecular formula is C13H16ClF3N2O4S2. The highest BCUT2D eigenvalue weighted by molar-refractivity contribution is 7.89. The van der Waals surface area contributed by atoms with Crippen molar-refractivity contribution in [3.8, 4) is 0 Å². The highest BCUT2D eigenvalue weighted by Crippen LogP contribution is 2.37. The van der Waals surface area contributed by atoms with Gasteiger partial charge < -0.3 is 0 Å². The van der Waals surface area contributed by atoms with Crippen molar-refractivity contribution in [1.82, 2.24) is 9.03 Å². The zero-order chi connectivity index (χ0) is 19.0. The first-order chi connectivity index (χ1) is 11.3. The van der Waals surface area contributed by atoms with Crippen LogP contribution in [0.2, 0.25) is 5.02 Å². The van der Waals surface area contributed by atoms with Gasteiger partial charge in [0.05, 0.1) is 16.7 Å². The number of piperidine rings is 1. The predicted octanol–water partition coefficient (Wildman–Crippen LogP) is 2.06. The van der Waals surface area contributed by atoms with Gasteiger partial charge in [0, 0.05) is 24.2 Å². The summed E-state index contributed by atoms with van der Waals surface area (Å²) in [5, 5.41) is -0.220. The third kappa shape index (κ3) is 5.07. The molecule has 1 aromatic carbocycles. The Morgan fingerprint density at radius 3 is 2.20 bits per heavy atom. The summed E-state index contributed by atoms with van der Waals surface area (Å²) in [7, 11) is -7.82. The molecule has 0 unspecified atom stereocenters. The Bertz CT molecular complexity index is 849. The van der Waals surface area contributed by atoms with E-state index >= 15 is 0 Å². The Hall–Kier alpha value is -0.880. The summed E-state index contributed by atoms with van der Waals surface area (Å²) in [6, 6.07) is 2.05. The van der Waals surface area contributed by atoms with Gasteiger partial charge in [0.2, 0.25) is 20.0 Å². The fourth-order valence-corrected chi connectivity index (χ4v) is 5.28. The number of rotatable bonds is 4. The zero-order valence-electron chi connectivity index (χ0n) is 13.0. The Morgan fingerprint density at radius 1 is 1.16 bits per heavy atom. The van der Waals surface area contributed by atoms with Crippen molar-refractivity contribution < 1.29 is 30.0 Å². The average molecular weight is 421 g/mol. The molecule has 0 atom stereocenters. The summed E-state index contributed by atoms with van der Waals surface area (Å²) in [5.74, 6) is 0.